The number of carbonyl (C=O) groups is 2. The third-order valence-electron chi connectivity index (χ3n) is 3.57. The van der Waals surface area contributed by atoms with E-state index in [0.717, 1.165) is 0 Å². The van der Waals surface area contributed by atoms with Gasteiger partial charge >= 0.3 is 0 Å². The SMILES string of the molecule is CC(C)COc1cccc(C(=O)Nc2ccc(C(=O)NC(C)(C)C)cc2)c1. The number of benzene rings is 2. The van der Waals surface area contributed by atoms with Gasteiger partial charge in [-0.3, -0.25) is 9.59 Å². The highest BCUT2D eigenvalue weighted by atomic mass is 16.5. The molecular formula is C22H28N2O3. The van der Waals surface area contributed by atoms with Crippen molar-refractivity contribution < 1.29 is 14.3 Å². The van der Waals surface area contributed by atoms with Crippen LogP contribution in [-0.4, -0.2) is 24.0 Å². The van der Waals surface area contributed by atoms with E-state index in [1.54, 1.807) is 42.5 Å². The molecule has 0 saturated carbocycles. The summed E-state index contributed by atoms with van der Waals surface area (Å²) in [5.41, 5.74) is 1.39. The van der Waals surface area contributed by atoms with Crippen LogP contribution in [0.5, 0.6) is 5.75 Å². The van der Waals surface area contributed by atoms with E-state index in [0.29, 0.717) is 35.1 Å². The lowest BCUT2D eigenvalue weighted by molar-refractivity contribution is 0.0919. The van der Waals surface area contributed by atoms with Crippen LogP contribution in [0.4, 0.5) is 5.69 Å². The largest absolute Gasteiger partial charge is 0.493 e. The zero-order valence-electron chi connectivity index (χ0n) is 16.6. The normalized spacial score (nSPS) is 11.2. The molecule has 0 fully saturated rings. The molecule has 144 valence electrons. The molecule has 2 aromatic carbocycles. The molecule has 0 aliphatic heterocycles. The van der Waals surface area contributed by atoms with Gasteiger partial charge in [-0.15, -0.1) is 0 Å². The molecule has 0 atom stereocenters. The first-order valence-corrected chi connectivity index (χ1v) is 9.11. The fourth-order valence-electron chi connectivity index (χ4n) is 2.31. The molecule has 0 heterocycles. The molecule has 0 unspecified atom stereocenters. The highest BCUT2D eigenvalue weighted by molar-refractivity contribution is 6.04. The number of ether oxygens (including phenoxy) is 1. The molecule has 0 aromatic heterocycles. The number of anilines is 1. The second-order valence-corrected chi connectivity index (χ2v) is 7.97. The first kappa shape index (κ1) is 20.5. The molecule has 0 spiro atoms. The second-order valence-electron chi connectivity index (χ2n) is 7.97. The highest BCUT2D eigenvalue weighted by Crippen LogP contribution is 2.17. The van der Waals surface area contributed by atoms with Gasteiger partial charge in [0, 0.05) is 22.4 Å². The number of carbonyl (C=O) groups excluding carboxylic acids is 2. The maximum atomic E-state index is 12.5. The lowest BCUT2D eigenvalue weighted by Gasteiger charge is -2.20. The molecule has 2 aromatic rings. The van der Waals surface area contributed by atoms with Gasteiger partial charge in [-0.25, -0.2) is 0 Å². The highest BCUT2D eigenvalue weighted by Gasteiger charge is 2.15. The first-order valence-electron chi connectivity index (χ1n) is 9.11. The predicted octanol–water partition coefficient (Wildman–Crippen LogP) is 4.50. The molecule has 0 aliphatic carbocycles. The van der Waals surface area contributed by atoms with Crippen molar-refractivity contribution in [2.75, 3.05) is 11.9 Å². The Labute approximate surface area is 161 Å². The van der Waals surface area contributed by atoms with E-state index in [9.17, 15) is 9.59 Å². The van der Waals surface area contributed by atoms with Crippen molar-refractivity contribution in [1.29, 1.82) is 0 Å². The lowest BCUT2D eigenvalue weighted by Crippen LogP contribution is -2.40. The maximum absolute atomic E-state index is 12.5. The van der Waals surface area contributed by atoms with Crippen molar-refractivity contribution in [3.05, 3.63) is 59.7 Å². The Morgan fingerprint density at radius 3 is 2.22 bits per heavy atom. The smallest absolute Gasteiger partial charge is 0.255 e. The molecule has 0 bridgehead atoms. The maximum Gasteiger partial charge on any atom is 0.255 e. The number of amides is 2. The Morgan fingerprint density at radius 1 is 0.963 bits per heavy atom. The summed E-state index contributed by atoms with van der Waals surface area (Å²) in [6, 6.07) is 13.9. The van der Waals surface area contributed by atoms with Crippen LogP contribution in [0.1, 0.15) is 55.3 Å². The Bertz CT molecular complexity index is 790. The van der Waals surface area contributed by atoms with Crippen molar-refractivity contribution in [3.8, 4) is 5.75 Å². The van der Waals surface area contributed by atoms with E-state index in [-0.39, 0.29) is 17.4 Å². The zero-order valence-corrected chi connectivity index (χ0v) is 16.6. The third-order valence-corrected chi connectivity index (χ3v) is 3.57. The molecule has 2 rings (SSSR count). The summed E-state index contributed by atoms with van der Waals surface area (Å²) in [5, 5.41) is 5.75. The summed E-state index contributed by atoms with van der Waals surface area (Å²) in [6.45, 7) is 10.5. The topological polar surface area (TPSA) is 67.4 Å². The van der Waals surface area contributed by atoms with Crippen LogP contribution < -0.4 is 15.4 Å². The molecule has 0 saturated heterocycles. The summed E-state index contributed by atoms with van der Waals surface area (Å²) in [6.07, 6.45) is 0. The second kappa shape index (κ2) is 8.71. The van der Waals surface area contributed by atoms with E-state index >= 15 is 0 Å². The average molecular weight is 368 g/mol. The zero-order chi connectivity index (χ0) is 20.0. The van der Waals surface area contributed by atoms with Crippen molar-refractivity contribution >= 4 is 17.5 Å². The standard InChI is InChI=1S/C22H28N2O3/c1-15(2)14-27-19-8-6-7-17(13-19)20(25)23-18-11-9-16(10-12-18)21(26)24-22(3,4)5/h6-13,15H,14H2,1-5H3,(H,23,25)(H,24,26). The van der Waals surface area contributed by atoms with Crippen LogP contribution in [0.15, 0.2) is 48.5 Å². The van der Waals surface area contributed by atoms with Crippen molar-refractivity contribution in [1.82, 2.24) is 5.32 Å². The summed E-state index contributed by atoms with van der Waals surface area (Å²) in [5.74, 6) is 0.717. The Balaban J connectivity index is 2.01. The van der Waals surface area contributed by atoms with Crippen LogP contribution in [0.25, 0.3) is 0 Å². The molecule has 5 heteroatoms. The molecule has 27 heavy (non-hydrogen) atoms. The van der Waals surface area contributed by atoms with Crippen molar-refractivity contribution in [2.45, 2.75) is 40.2 Å². The van der Waals surface area contributed by atoms with E-state index in [1.807, 2.05) is 26.8 Å². The number of hydrogen-bond acceptors (Lipinski definition) is 3. The quantitative estimate of drug-likeness (QED) is 0.789. The Morgan fingerprint density at radius 2 is 1.63 bits per heavy atom. The Kier molecular flexibility index (Phi) is 6.61. The van der Waals surface area contributed by atoms with Crippen LogP contribution in [0.3, 0.4) is 0 Å². The van der Waals surface area contributed by atoms with Gasteiger partial charge in [-0.2, -0.15) is 0 Å². The lowest BCUT2D eigenvalue weighted by atomic mass is 10.1. The van der Waals surface area contributed by atoms with E-state index < -0.39 is 0 Å². The van der Waals surface area contributed by atoms with Crippen molar-refractivity contribution in [3.63, 3.8) is 0 Å². The minimum atomic E-state index is -0.299. The number of nitrogens with one attached hydrogen (secondary N) is 2. The average Bonchev–Trinajstić information content (AvgIpc) is 2.59. The van der Waals surface area contributed by atoms with Crippen LogP contribution in [0, 0.1) is 5.92 Å². The van der Waals surface area contributed by atoms with Gasteiger partial charge in [-0.1, -0.05) is 19.9 Å². The van der Waals surface area contributed by atoms with Crippen LogP contribution in [-0.2, 0) is 0 Å². The molecule has 2 N–H and O–H groups in total. The van der Waals surface area contributed by atoms with Gasteiger partial charge in [0.2, 0.25) is 0 Å². The van der Waals surface area contributed by atoms with Crippen molar-refractivity contribution in [2.24, 2.45) is 5.92 Å². The van der Waals surface area contributed by atoms with E-state index in [4.69, 9.17) is 4.74 Å². The molecule has 0 radical (unpaired) electrons. The van der Waals surface area contributed by atoms with Crippen LogP contribution in [0.2, 0.25) is 0 Å². The molecule has 0 aliphatic rings. The van der Waals surface area contributed by atoms with Gasteiger partial charge in [-0.05, 0) is 69.2 Å². The fourth-order valence-corrected chi connectivity index (χ4v) is 2.31. The molecular weight excluding hydrogens is 340 g/mol. The van der Waals surface area contributed by atoms with Gasteiger partial charge < -0.3 is 15.4 Å². The monoisotopic (exact) mass is 368 g/mol. The molecule has 5 nitrogen and oxygen atoms in total. The fraction of sp³-hybridized carbons (Fsp3) is 0.364. The van der Waals surface area contributed by atoms with E-state index in [2.05, 4.69) is 24.5 Å². The minimum absolute atomic E-state index is 0.143. The van der Waals surface area contributed by atoms with Gasteiger partial charge in [0.25, 0.3) is 11.8 Å². The third kappa shape index (κ3) is 6.77. The first-order chi connectivity index (χ1) is 12.6. The minimum Gasteiger partial charge on any atom is -0.493 e. The summed E-state index contributed by atoms with van der Waals surface area (Å²) >= 11 is 0. The predicted molar refractivity (Wildman–Crippen MR) is 108 cm³/mol. The summed E-state index contributed by atoms with van der Waals surface area (Å²) in [7, 11) is 0. The van der Waals surface area contributed by atoms with Gasteiger partial charge in [0.15, 0.2) is 0 Å². The number of hydrogen-bond donors (Lipinski definition) is 2. The number of rotatable bonds is 6. The van der Waals surface area contributed by atoms with Gasteiger partial charge in [0.1, 0.15) is 5.75 Å². The summed E-state index contributed by atoms with van der Waals surface area (Å²) in [4.78, 5) is 24.6. The Hall–Kier alpha value is -2.82. The van der Waals surface area contributed by atoms with E-state index in [1.165, 1.54) is 0 Å². The van der Waals surface area contributed by atoms with Crippen LogP contribution >= 0.6 is 0 Å². The summed E-state index contributed by atoms with van der Waals surface area (Å²) < 4.78 is 5.67. The van der Waals surface area contributed by atoms with Gasteiger partial charge in [0.05, 0.1) is 6.61 Å². The molecule has 2 amide bonds.